The van der Waals surface area contributed by atoms with E-state index >= 15 is 0 Å². The number of nitrogens with zero attached hydrogens (tertiary/aromatic N) is 1. The van der Waals surface area contributed by atoms with Gasteiger partial charge in [-0.1, -0.05) is 32.9 Å². The summed E-state index contributed by atoms with van der Waals surface area (Å²) < 4.78 is 0. The second-order valence-electron chi connectivity index (χ2n) is 6.69. The Labute approximate surface area is 121 Å². The zero-order chi connectivity index (χ0) is 14.2. The van der Waals surface area contributed by atoms with Crippen molar-refractivity contribution in [3.8, 4) is 0 Å². The molecule has 1 aliphatic rings. The maximum absolute atomic E-state index is 4.41. The molecule has 2 nitrogen and oxygen atoms in total. The van der Waals surface area contributed by atoms with Crippen LogP contribution in [0.4, 0.5) is 0 Å². The molecule has 0 radical (unpaired) electrons. The fourth-order valence-electron chi connectivity index (χ4n) is 3.16. The van der Waals surface area contributed by atoms with Gasteiger partial charge in [0.25, 0.3) is 0 Å². The van der Waals surface area contributed by atoms with E-state index < -0.39 is 0 Å². The Morgan fingerprint density at radius 3 is 2.85 bits per heavy atom. The molecular formula is C18H24N2. The number of aromatic nitrogens is 1. The highest BCUT2D eigenvalue weighted by Crippen LogP contribution is 2.57. The summed E-state index contributed by atoms with van der Waals surface area (Å²) in [6, 6.07) is 11.4. The average molecular weight is 268 g/mol. The topological polar surface area (TPSA) is 24.9 Å². The van der Waals surface area contributed by atoms with Gasteiger partial charge in [-0.3, -0.25) is 4.98 Å². The number of nitrogens with one attached hydrogen (secondary N) is 1. The molecule has 106 valence electrons. The number of rotatable bonds is 5. The summed E-state index contributed by atoms with van der Waals surface area (Å²) >= 11 is 0. The zero-order valence-corrected chi connectivity index (χ0v) is 12.7. The van der Waals surface area contributed by atoms with E-state index in [2.05, 4.69) is 55.3 Å². The fourth-order valence-corrected chi connectivity index (χ4v) is 3.16. The van der Waals surface area contributed by atoms with Crippen molar-refractivity contribution in [3.05, 3.63) is 42.1 Å². The van der Waals surface area contributed by atoms with E-state index in [1.165, 1.54) is 23.8 Å². The van der Waals surface area contributed by atoms with E-state index in [9.17, 15) is 0 Å². The molecule has 1 aromatic carbocycles. The van der Waals surface area contributed by atoms with Crippen molar-refractivity contribution in [3.63, 3.8) is 0 Å². The highest BCUT2D eigenvalue weighted by molar-refractivity contribution is 5.79. The Morgan fingerprint density at radius 2 is 2.15 bits per heavy atom. The van der Waals surface area contributed by atoms with Crippen LogP contribution in [0, 0.1) is 11.3 Å². The minimum Gasteiger partial charge on any atom is -0.310 e. The molecule has 1 heterocycles. The normalized spacial score (nSPS) is 21.9. The molecule has 0 bridgehead atoms. The molecule has 1 aliphatic carbocycles. The van der Waals surface area contributed by atoms with Gasteiger partial charge in [-0.2, -0.15) is 0 Å². The maximum Gasteiger partial charge on any atom is 0.0702 e. The van der Waals surface area contributed by atoms with Crippen LogP contribution in [0.2, 0.25) is 0 Å². The third kappa shape index (κ3) is 2.57. The predicted molar refractivity (Wildman–Crippen MR) is 84.7 cm³/mol. The van der Waals surface area contributed by atoms with Crippen LogP contribution in [0.5, 0.6) is 0 Å². The lowest BCUT2D eigenvalue weighted by molar-refractivity contribution is 0.416. The van der Waals surface area contributed by atoms with Gasteiger partial charge in [0.1, 0.15) is 0 Å². The van der Waals surface area contributed by atoms with E-state index in [0.29, 0.717) is 11.5 Å². The third-order valence-electron chi connectivity index (χ3n) is 4.59. The van der Waals surface area contributed by atoms with Crippen LogP contribution in [0.1, 0.15) is 45.2 Å². The zero-order valence-electron chi connectivity index (χ0n) is 12.7. The summed E-state index contributed by atoms with van der Waals surface area (Å²) in [6.07, 6.45) is 4.36. The van der Waals surface area contributed by atoms with Gasteiger partial charge < -0.3 is 5.32 Å². The Balaban J connectivity index is 1.92. The van der Waals surface area contributed by atoms with Crippen LogP contribution >= 0.6 is 0 Å². The Kier molecular flexibility index (Phi) is 3.51. The van der Waals surface area contributed by atoms with Gasteiger partial charge in [-0.05, 0) is 54.5 Å². The first kappa shape index (κ1) is 13.6. The summed E-state index contributed by atoms with van der Waals surface area (Å²) in [6.45, 7) is 8.07. The molecule has 2 aromatic rings. The lowest BCUT2D eigenvalue weighted by Gasteiger charge is -2.21. The van der Waals surface area contributed by atoms with Crippen LogP contribution < -0.4 is 5.32 Å². The minimum absolute atomic E-state index is 0.481. The molecule has 1 N–H and O–H groups in total. The molecule has 1 saturated carbocycles. The minimum atomic E-state index is 0.481. The van der Waals surface area contributed by atoms with Crippen LogP contribution in [0.15, 0.2) is 36.5 Å². The second-order valence-corrected chi connectivity index (χ2v) is 6.69. The first-order valence-corrected chi connectivity index (χ1v) is 7.70. The Morgan fingerprint density at radius 1 is 1.35 bits per heavy atom. The highest BCUT2D eigenvalue weighted by Gasteiger charge is 2.50. The largest absolute Gasteiger partial charge is 0.310 e. The lowest BCUT2D eigenvalue weighted by Crippen LogP contribution is -2.25. The van der Waals surface area contributed by atoms with Crippen LogP contribution in [0.25, 0.3) is 10.9 Å². The summed E-state index contributed by atoms with van der Waals surface area (Å²) in [4.78, 5) is 4.41. The molecule has 2 atom stereocenters. The van der Waals surface area contributed by atoms with Crippen molar-refractivity contribution in [1.29, 1.82) is 0 Å². The first-order chi connectivity index (χ1) is 9.62. The van der Waals surface area contributed by atoms with Gasteiger partial charge in [-0.25, -0.2) is 0 Å². The number of hydrogen-bond donors (Lipinski definition) is 1. The molecule has 2 unspecified atom stereocenters. The SMILES string of the molecule is CCCNC(c1ccc2ncccc2c1)C1CC1(C)C. The van der Waals surface area contributed by atoms with Gasteiger partial charge in [0.2, 0.25) is 0 Å². The van der Waals surface area contributed by atoms with E-state index in [-0.39, 0.29) is 0 Å². The molecule has 2 heteroatoms. The highest BCUT2D eigenvalue weighted by atomic mass is 14.9. The second kappa shape index (κ2) is 5.17. The van der Waals surface area contributed by atoms with Crippen molar-refractivity contribution >= 4 is 10.9 Å². The van der Waals surface area contributed by atoms with Gasteiger partial charge in [0.15, 0.2) is 0 Å². The average Bonchev–Trinajstić information content (AvgIpc) is 3.08. The van der Waals surface area contributed by atoms with Gasteiger partial charge >= 0.3 is 0 Å². The molecule has 3 rings (SSSR count). The summed E-state index contributed by atoms with van der Waals surface area (Å²) in [5.74, 6) is 0.753. The van der Waals surface area contributed by atoms with E-state index in [4.69, 9.17) is 0 Å². The predicted octanol–water partition coefficient (Wildman–Crippen LogP) is 4.32. The number of pyridine rings is 1. The quantitative estimate of drug-likeness (QED) is 0.873. The fraction of sp³-hybridized carbons (Fsp3) is 0.500. The summed E-state index contributed by atoms with van der Waals surface area (Å²) in [5.41, 5.74) is 2.98. The molecule has 0 saturated heterocycles. The molecule has 0 spiro atoms. The van der Waals surface area contributed by atoms with Gasteiger partial charge in [0, 0.05) is 17.6 Å². The third-order valence-corrected chi connectivity index (χ3v) is 4.59. The molecule has 1 fully saturated rings. The van der Waals surface area contributed by atoms with Crippen LogP contribution in [-0.4, -0.2) is 11.5 Å². The molecule has 1 aromatic heterocycles. The van der Waals surface area contributed by atoms with Crippen molar-refractivity contribution in [2.75, 3.05) is 6.54 Å². The number of hydrogen-bond acceptors (Lipinski definition) is 2. The first-order valence-electron chi connectivity index (χ1n) is 7.70. The smallest absolute Gasteiger partial charge is 0.0702 e. The summed E-state index contributed by atoms with van der Waals surface area (Å²) in [5, 5.41) is 4.99. The van der Waals surface area contributed by atoms with E-state index in [1.807, 2.05) is 12.3 Å². The van der Waals surface area contributed by atoms with Crippen molar-refractivity contribution in [2.45, 2.75) is 39.7 Å². The summed E-state index contributed by atoms with van der Waals surface area (Å²) in [7, 11) is 0. The van der Waals surface area contributed by atoms with Crippen molar-refractivity contribution in [2.24, 2.45) is 11.3 Å². The molecule has 0 amide bonds. The van der Waals surface area contributed by atoms with Crippen LogP contribution in [0.3, 0.4) is 0 Å². The van der Waals surface area contributed by atoms with Crippen LogP contribution in [-0.2, 0) is 0 Å². The van der Waals surface area contributed by atoms with Gasteiger partial charge in [-0.15, -0.1) is 0 Å². The standard InChI is InChI=1S/C18H24N2/c1-4-9-20-17(15-12-18(15,2)3)14-7-8-16-13(11-14)6-5-10-19-16/h5-8,10-11,15,17,20H,4,9,12H2,1-3H3. The van der Waals surface area contributed by atoms with Crippen molar-refractivity contribution in [1.82, 2.24) is 10.3 Å². The number of fused-ring (bicyclic) bond motifs is 1. The maximum atomic E-state index is 4.41. The van der Waals surface area contributed by atoms with E-state index in [0.717, 1.165) is 18.0 Å². The monoisotopic (exact) mass is 268 g/mol. The van der Waals surface area contributed by atoms with E-state index in [1.54, 1.807) is 0 Å². The van der Waals surface area contributed by atoms with Crippen molar-refractivity contribution < 1.29 is 0 Å². The molecule has 20 heavy (non-hydrogen) atoms. The lowest BCUT2D eigenvalue weighted by atomic mass is 9.95. The molecular weight excluding hydrogens is 244 g/mol. The number of benzene rings is 1. The van der Waals surface area contributed by atoms with Gasteiger partial charge in [0.05, 0.1) is 5.52 Å². The molecule has 0 aliphatic heterocycles. The Hall–Kier alpha value is -1.41. The Bertz CT molecular complexity index is 603.